The zero-order valence-electron chi connectivity index (χ0n) is 37.7. The summed E-state index contributed by atoms with van der Waals surface area (Å²) < 4.78 is 0. The molecule has 10 aromatic rings. The van der Waals surface area contributed by atoms with Crippen LogP contribution in [-0.2, 0) is 0 Å². The van der Waals surface area contributed by atoms with Gasteiger partial charge in [0.2, 0.25) is 0 Å². The predicted molar refractivity (Wildman–Crippen MR) is 287 cm³/mol. The zero-order chi connectivity index (χ0) is 45.0. The number of anilines is 6. The summed E-state index contributed by atoms with van der Waals surface area (Å²) in [5.41, 5.74) is 18.9. The fourth-order valence-corrected chi connectivity index (χ4v) is 10.7. The molecule has 2 nitrogen and oxygen atoms in total. The van der Waals surface area contributed by atoms with E-state index in [1.165, 1.54) is 75.2 Å². The van der Waals surface area contributed by atoms with Crippen molar-refractivity contribution in [3.63, 3.8) is 0 Å². The lowest BCUT2D eigenvalue weighted by molar-refractivity contribution is 1.27. The average Bonchev–Trinajstić information content (AvgIpc) is 4.03. The third-order valence-electron chi connectivity index (χ3n) is 12.0. The van der Waals surface area contributed by atoms with Crippen molar-refractivity contribution in [2.45, 2.75) is 27.7 Å². The Bertz CT molecular complexity index is 2970. The van der Waals surface area contributed by atoms with E-state index in [1.807, 2.05) is 22.7 Å². The van der Waals surface area contributed by atoms with Crippen molar-refractivity contribution in [2.24, 2.45) is 0 Å². The van der Waals surface area contributed by atoms with Crippen LogP contribution in [0.4, 0.5) is 34.1 Å². The van der Waals surface area contributed by atoms with E-state index in [0.717, 1.165) is 34.1 Å². The van der Waals surface area contributed by atoms with Crippen molar-refractivity contribution >= 4 is 68.4 Å². The first-order valence-electron chi connectivity index (χ1n) is 22.5. The Morgan fingerprint density at radius 3 is 1.20 bits per heavy atom. The Kier molecular flexibility index (Phi) is 12.2. The minimum Gasteiger partial charge on any atom is -0.311 e. The van der Waals surface area contributed by atoms with Gasteiger partial charge in [-0.25, -0.2) is 0 Å². The molecule has 0 spiro atoms. The second-order valence-electron chi connectivity index (χ2n) is 17.0. The highest BCUT2D eigenvalue weighted by Crippen LogP contribution is 2.48. The van der Waals surface area contributed by atoms with Crippen LogP contribution in [-0.4, -0.2) is 0 Å². The molecule has 0 saturated carbocycles. The van der Waals surface area contributed by atoms with Crippen LogP contribution in [0.3, 0.4) is 0 Å². The molecule has 0 fully saturated rings. The highest BCUT2D eigenvalue weighted by Gasteiger charge is 2.20. The minimum atomic E-state index is 1.11. The summed E-state index contributed by atoms with van der Waals surface area (Å²) in [7, 11) is 0. The number of rotatable bonds is 12. The zero-order valence-corrected chi connectivity index (χ0v) is 39.3. The molecule has 0 unspecified atom stereocenters. The number of thiophene rings is 2. The first kappa shape index (κ1) is 42.5. The molecule has 66 heavy (non-hydrogen) atoms. The second-order valence-corrected chi connectivity index (χ2v) is 19.1. The lowest BCUT2D eigenvalue weighted by Crippen LogP contribution is -2.09. The van der Waals surface area contributed by atoms with Crippen molar-refractivity contribution in [2.75, 3.05) is 9.80 Å². The molecule has 2 heterocycles. The SMILES string of the molecule is Cc1ccc(N(c2ccc(C)cc2)c2ccc(-c3cc(-c4ccc(/C(=C/c5ccccc5)c5ccccc5)s4)sc3-c3ccc(N(c4ccc(C)cc4)c4ccc(C)cc4)cc3)cc2)cc1. The maximum atomic E-state index is 2.41. The van der Waals surface area contributed by atoms with E-state index < -0.39 is 0 Å². The van der Waals surface area contributed by atoms with Crippen molar-refractivity contribution in [1.29, 1.82) is 0 Å². The molecule has 0 aliphatic rings. The van der Waals surface area contributed by atoms with Gasteiger partial charge in [0.05, 0.1) is 0 Å². The number of nitrogens with zero attached hydrogens (tertiary/aromatic N) is 2. The standard InChI is InChI=1S/C62H50N2S2/c1-43-15-27-51(28-16-43)63(52-29-17-44(2)18-30-52)55-35-23-49(24-36-55)58-42-61(60-40-39-59(65-60)57(48-13-9-6-10-14-48)41-47-11-7-5-8-12-47)66-62(58)50-25-37-56(38-26-50)64(53-31-19-45(3)20-32-53)54-33-21-46(4)22-34-54/h5-42H,1-4H3/b57-41+. The van der Waals surface area contributed by atoms with Gasteiger partial charge in [0.25, 0.3) is 0 Å². The van der Waals surface area contributed by atoms with Crippen LogP contribution in [0.15, 0.2) is 224 Å². The molecular formula is C62H50N2S2. The Labute approximate surface area is 397 Å². The summed E-state index contributed by atoms with van der Waals surface area (Å²) in [6.45, 7) is 8.55. The van der Waals surface area contributed by atoms with E-state index in [9.17, 15) is 0 Å². The number of hydrogen-bond donors (Lipinski definition) is 0. The summed E-state index contributed by atoms with van der Waals surface area (Å²) in [6, 6.07) is 81.8. The summed E-state index contributed by atoms with van der Waals surface area (Å²) in [5.74, 6) is 0. The quantitative estimate of drug-likeness (QED) is 0.113. The van der Waals surface area contributed by atoms with Crippen LogP contribution in [0.5, 0.6) is 0 Å². The molecule has 10 rings (SSSR count). The monoisotopic (exact) mass is 886 g/mol. The van der Waals surface area contributed by atoms with Gasteiger partial charge in [-0.2, -0.15) is 0 Å². The molecule has 0 atom stereocenters. The van der Waals surface area contributed by atoms with Crippen LogP contribution < -0.4 is 9.80 Å². The summed E-state index contributed by atoms with van der Waals surface area (Å²) in [6.07, 6.45) is 2.31. The van der Waals surface area contributed by atoms with Crippen LogP contribution >= 0.6 is 22.7 Å². The molecule has 320 valence electrons. The van der Waals surface area contributed by atoms with Crippen molar-refractivity contribution in [3.05, 3.63) is 263 Å². The molecule has 0 N–H and O–H groups in total. The molecule has 0 bridgehead atoms. The maximum Gasteiger partial charge on any atom is 0.0462 e. The molecule has 0 radical (unpaired) electrons. The Morgan fingerprint density at radius 2 is 0.758 bits per heavy atom. The predicted octanol–water partition coefficient (Wildman–Crippen LogP) is 18.6. The molecule has 2 aromatic heterocycles. The van der Waals surface area contributed by atoms with Crippen molar-refractivity contribution < 1.29 is 0 Å². The molecular weight excluding hydrogens is 837 g/mol. The van der Waals surface area contributed by atoms with Gasteiger partial charge < -0.3 is 9.80 Å². The lowest BCUT2D eigenvalue weighted by Gasteiger charge is -2.26. The van der Waals surface area contributed by atoms with E-state index in [4.69, 9.17) is 0 Å². The normalized spacial score (nSPS) is 11.4. The van der Waals surface area contributed by atoms with Crippen LogP contribution in [0.25, 0.3) is 43.0 Å². The molecule has 0 aliphatic carbocycles. The number of hydrogen-bond acceptors (Lipinski definition) is 4. The summed E-state index contributed by atoms with van der Waals surface area (Å²) in [5, 5.41) is 0. The van der Waals surface area contributed by atoms with Crippen LogP contribution in [0.2, 0.25) is 0 Å². The van der Waals surface area contributed by atoms with Crippen molar-refractivity contribution in [1.82, 2.24) is 0 Å². The minimum absolute atomic E-state index is 1.11. The lowest BCUT2D eigenvalue weighted by atomic mass is 10.0. The number of benzene rings is 8. The fraction of sp³-hybridized carbons (Fsp3) is 0.0645. The van der Waals surface area contributed by atoms with Crippen molar-refractivity contribution in [3.8, 4) is 31.3 Å². The van der Waals surface area contributed by atoms with E-state index >= 15 is 0 Å². The summed E-state index contributed by atoms with van der Waals surface area (Å²) >= 11 is 3.73. The van der Waals surface area contributed by atoms with Gasteiger partial charge in [0, 0.05) is 59.2 Å². The fourth-order valence-electron chi connectivity index (χ4n) is 8.41. The third-order valence-corrected chi connectivity index (χ3v) is 14.5. The Morgan fingerprint density at radius 1 is 0.364 bits per heavy atom. The van der Waals surface area contributed by atoms with E-state index in [-0.39, 0.29) is 0 Å². The van der Waals surface area contributed by atoms with Gasteiger partial charge in [-0.3, -0.25) is 0 Å². The highest BCUT2D eigenvalue weighted by atomic mass is 32.1. The van der Waals surface area contributed by atoms with E-state index in [1.54, 1.807) is 0 Å². The van der Waals surface area contributed by atoms with E-state index in [2.05, 4.69) is 268 Å². The van der Waals surface area contributed by atoms with Gasteiger partial charge in [-0.15, -0.1) is 22.7 Å². The average molecular weight is 887 g/mol. The molecule has 0 saturated heterocycles. The molecule has 8 aromatic carbocycles. The highest BCUT2D eigenvalue weighted by molar-refractivity contribution is 7.24. The van der Waals surface area contributed by atoms with E-state index in [0.29, 0.717) is 0 Å². The summed E-state index contributed by atoms with van der Waals surface area (Å²) in [4.78, 5) is 9.67. The topological polar surface area (TPSA) is 6.48 Å². The first-order chi connectivity index (χ1) is 32.3. The van der Waals surface area contributed by atoms with Gasteiger partial charge in [-0.1, -0.05) is 156 Å². The smallest absolute Gasteiger partial charge is 0.0462 e. The maximum absolute atomic E-state index is 2.41. The molecule has 0 amide bonds. The van der Waals surface area contributed by atoms with Crippen LogP contribution in [0, 0.1) is 27.7 Å². The van der Waals surface area contributed by atoms with Gasteiger partial charge in [-0.05, 0) is 153 Å². The largest absolute Gasteiger partial charge is 0.311 e. The van der Waals surface area contributed by atoms with Gasteiger partial charge in [0.1, 0.15) is 0 Å². The number of aryl methyl sites for hydroxylation is 4. The Hall–Kier alpha value is -7.50. The molecule has 0 aliphatic heterocycles. The van der Waals surface area contributed by atoms with Crippen LogP contribution in [0.1, 0.15) is 38.3 Å². The van der Waals surface area contributed by atoms with Gasteiger partial charge in [0.15, 0.2) is 0 Å². The van der Waals surface area contributed by atoms with Gasteiger partial charge >= 0.3 is 0 Å². The molecule has 4 heteroatoms. The second kappa shape index (κ2) is 18.9. The Balaban J connectivity index is 1.07. The third kappa shape index (κ3) is 9.21. The first-order valence-corrected chi connectivity index (χ1v) is 24.1.